The van der Waals surface area contributed by atoms with Crippen molar-refractivity contribution < 1.29 is 9.47 Å². The second-order valence-corrected chi connectivity index (χ2v) is 5.07. The summed E-state index contributed by atoms with van der Waals surface area (Å²) in [4.78, 5) is 0. The molecule has 100 valence electrons. The van der Waals surface area contributed by atoms with Gasteiger partial charge in [-0.15, -0.1) is 5.10 Å². The van der Waals surface area contributed by atoms with Crippen LogP contribution in [0.25, 0.3) is 5.69 Å². The van der Waals surface area contributed by atoms with Crippen LogP contribution in [0.3, 0.4) is 0 Å². The Labute approximate surface area is 119 Å². The Morgan fingerprint density at radius 1 is 1.21 bits per heavy atom. The van der Waals surface area contributed by atoms with E-state index in [1.807, 2.05) is 24.4 Å². The van der Waals surface area contributed by atoms with Gasteiger partial charge in [0.15, 0.2) is 11.5 Å². The number of hydrogen-bond donors (Lipinski definition) is 0. The molecule has 0 saturated carbocycles. The summed E-state index contributed by atoms with van der Waals surface area (Å²) in [6.45, 7) is 1.38. The molecular formula is C13H14BrN3O2. The van der Waals surface area contributed by atoms with Crippen molar-refractivity contribution in [2.24, 2.45) is 0 Å². The Kier molecular flexibility index (Phi) is 3.68. The van der Waals surface area contributed by atoms with E-state index in [-0.39, 0.29) is 0 Å². The molecular weight excluding hydrogens is 310 g/mol. The SMILES string of the molecule is BrCCc1cn(-c2ccc3c(c2)OCCCO3)nn1. The molecule has 1 aromatic carbocycles. The van der Waals surface area contributed by atoms with Gasteiger partial charge in [-0.3, -0.25) is 0 Å². The maximum Gasteiger partial charge on any atom is 0.163 e. The third-order valence-corrected chi connectivity index (χ3v) is 3.28. The van der Waals surface area contributed by atoms with Crippen LogP contribution >= 0.6 is 15.9 Å². The summed E-state index contributed by atoms with van der Waals surface area (Å²) >= 11 is 3.40. The average molecular weight is 324 g/mol. The monoisotopic (exact) mass is 323 g/mol. The van der Waals surface area contributed by atoms with Crippen LogP contribution in [0.1, 0.15) is 12.1 Å². The van der Waals surface area contributed by atoms with Crippen LogP contribution in [0.4, 0.5) is 0 Å². The smallest absolute Gasteiger partial charge is 0.163 e. The van der Waals surface area contributed by atoms with Crippen LogP contribution in [0.5, 0.6) is 11.5 Å². The molecule has 2 aromatic rings. The number of benzene rings is 1. The number of alkyl halides is 1. The first kappa shape index (κ1) is 12.5. The second-order valence-electron chi connectivity index (χ2n) is 4.27. The normalized spacial score (nSPS) is 14.2. The number of nitrogens with zero attached hydrogens (tertiary/aromatic N) is 3. The molecule has 0 fully saturated rings. The van der Waals surface area contributed by atoms with Gasteiger partial charge in [-0.1, -0.05) is 21.1 Å². The quantitative estimate of drug-likeness (QED) is 0.814. The van der Waals surface area contributed by atoms with E-state index in [1.165, 1.54) is 0 Å². The predicted octanol–water partition coefficient (Wildman–Crippen LogP) is 2.37. The van der Waals surface area contributed by atoms with Gasteiger partial charge in [0.25, 0.3) is 0 Å². The first-order chi connectivity index (χ1) is 9.36. The van der Waals surface area contributed by atoms with E-state index in [1.54, 1.807) is 4.68 Å². The molecule has 0 aliphatic carbocycles. The van der Waals surface area contributed by atoms with Gasteiger partial charge in [-0.25, -0.2) is 4.68 Å². The molecule has 0 amide bonds. The molecule has 0 unspecified atom stereocenters. The van der Waals surface area contributed by atoms with E-state index >= 15 is 0 Å². The maximum atomic E-state index is 5.67. The minimum atomic E-state index is 0.683. The lowest BCUT2D eigenvalue weighted by Gasteiger charge is -2.08. The van der Waals surface area contributed by atoms with Crippen molar-refractivity contribution in [3.05, 3.63) is 30.1 Å². The van der Waals surface area contributed by atoms with E-state index in [9.17, 15) is 0 Å². The molecule has 0 N–H and O–H groups in total. The predicted molar refractivity (Wildman–Crippen MR) is 74.5 cm³/mol. The van der Waals surface area contributed by atoms with Gasteiger partial charge in [0, 0.05) is 24.2 Å². The molecule has 2 heterocycles. The number of hydrogen-bond acceptors (Lipinski definition) is 4. The zero-order valence-corrected chi connectivity index (χ0v) is 12.0. The molecule has 0 bridgehead atoms. The van der Waals surface area contributed by atoms with Crippen molar-refractivity contribution in [1.29, 1.82) is 0 Å². The fourth-order valence-corrected chi connectivity index (χ4v) is 2.34. The molecule has 6 heteroatoms. The van der Waals surface area contributed by atoms with Gasteiger partial charge in [-0.05, 0) is 12.1 Å². The van der Waals surface area contributed by atoms with Gasteiger partial charge in [0.05, 0.1) is 30.8 Å². The van der Waals surface area contributed by atoms with Crippen LogP contribution in [0.15, 0.2) is 24.4 Å². The summed E-state index contributed by atoms with van der Waals surface area (Å²) in [5, 5.41) is 9.13. The summed E-state index contributed by atoms with van der Waals surface area (Å²) in [6, 6.07) is 5.81. The van der Waals surface area contributed by atoms with Gasteiger partial charge in [-0.2, -0.15) is 0 Å². The van der Waals surface area contributed by atoms with Gasteiger partial charge in [0.2, 0.25) is 0 Å². The second kappa shape index (κ2) is 5.61. The molecule has 1 aliphatic heterocycles. The Bertz CT molecular complexity index is 571. The summed E-state index contributed by atoms with van der Waals surface area (Å²) in [5.41, 5.74) is 1.89. The minimum Gasteiger partial charge on any atom is -0.490 e. The molecule has 0 saturated heterocycles. The lowest BCUT2D eigenvalue weighted by molar-refractivity contribution is 0.297. The van der Waals surface area contributed by atoms with Crippen molar-refractivity contribution in [2.75, 3.05) is 18.5 Å². The standard InChI is InChI=1S/C13H14BrN3O2/c14-5-4-10-9-17(16-15-10)11-2-3-12-13(8-11)19-7-1-6-18-12/h2-3,8-9H,1,4-7H2. The first-order valence-corrected chi connectivity index (χ1v) is 7.36. The zero-order valence-electron chi connectivity index (χ0n) is 10.4. The van der Waals surface area contributed by atoms with Crippen molar-refractivity contribution in [2.45, 2.75) is 12.8 Å². The lowest BCUT2D eigenvalue weighted by atomic mass is 10.2. The van der Waals surface area contributed by atoms with E-state index < -0.39 is 0 Å². The highest BCUT2D eigenvalue weighted by atomic mass is 79.9. The first-order valence-electron chi connectivity index (χ1n) is 6.24. The Morgan fingerprint density at radius 2 is 2.05 bits per heavy atom. The summed E-state index contributed by atoms with van der Waals surface area (Å²) in [5.74, 6) is 1.56. The molecule has 0 atom stereocenters. The maximum absolute atomic E-state index is 5.67. The van der Waals surface area contributed by atoms with Crippen molar-refractivity contribution in [3.8, 4) is 17.2 Å². The molecule has 1 aromatic heterocycles. The molecule has 1 aliphatic rings. The molecule has 0 radical (unpaired) electrons. The zero-order chi connectivity index (χ0) is 13.1. The van der Waals surface area contributed by atoms with Crippen LogP contribution < -0.4 is 9.47 Å². The van der Waals surface area contributed by atoms with E-state index in [0.29, 0.717) is 13.2 Å². The number of rotatable bonds is 3. The molecule has 0 spiro atoms. The van der Waals surface area contributed by atoms with Crippen molar-refractivity contribution >= 4 is 15.9 Å². The fraction of sp³-hybridized carbons (Fsp3) is 0.385. The van der Waals surface area contributed by atoms with Crippen molar-refractivity contribution in [1.82, 2.24) is 15.0 Å². The summed E-state index contributed by atoms with van der Waals surface area (Å²) in [6.07, 6.45) is 3.70. The highest BCUT2D eigenvalue weighted by molar-refractivity contribution is 9.09. The number of halogens is 1. The number of ether oxygens (including phenoxy) is 2. The number of fused-ring (bicyclic) bond motifs is 1. The topological polar surface area (TPSA) is 49.2 Å². The van der Waals surface area contributed by atoms with Crippen LogP contribution in [-0.4, -0.2) is 33.5 Å². The van der Waals surface area contributed by atoms with Gasteiger partial charge < -0.3 is 9.47 Å². The Morgan fingerprint density at radius 3 is 2.89 bits per heavy atom. The van der Waals surface area contributed by atoms with Crippen LogP contribution in [-0.2, 0) is 6.42 Å². The third kappa shape index (κ3) is 2.73. The van der Waals surface area contributed by atoms with Crippen molar-refractivity contribution in [3.63, 3.8) is 0 Å². The summed E-state index contributed by atoms with van der Waals surface area (Å²) in [7, 11) is 0. The largest absolute Gasteiger partial charge is 0.490 e. The fourth-order valence-electron chi connectivity index (χ4n) is 1.93. The molecule has 5 nitrogen and oxygen atoms in total. The minimum absolute atomic E-state index is 0.683. The molecule has 19 heavy (non-hydrogen) atoms. The van der Waals surface area contributed by atoms with Gasteiger partial charge in [0.1, 0.15) is 0 Å². The van der Waals surface area contributed by atoms with E-state index in [4.69, 9.17) is 9.47 Å². The highest BCUT2D eigenvalue weighted by Crippen LogP contribution is 2.31. The Balaban J connectivity index is 1.89. The highest BCUT2D eigenvalue weighted by Gasteiger charge is 2.12. The summed E-state index contributed by atoms with van der Waals surface area (Å²) < 4.78 is 13.0. The Hall–Kier alpha value is -1.56. The number of aromatic nitrogens is 3. The lowest BCUT2D eigenvalue weighted by Crippen LogP contribution is -1.98. The number of aryl methyl sites for hydroxylation is 1. The third-order valence-electron chi connectivity index (χ3n) is 2.89. The van der Waals surface area contributed by atoms with Crippen LogP contribution in [0.2, 0.25) is 0 Å². The molecule has 3 rings (SSSR count). The van der Waals surface area contributed by atoms with Crippen LogP contribution in [0, 0.1) is 0 Å². The van der Waals surface area contributed by atoms with E-state index in [0.717, 1.165) is 41.1 Å². The van der Waals surface area contributed by atoms with Gasteiger partial charge >= 0.3 is 0 Å². The van der Waals surface area contributed by atoms with E-state index in [2.05, 4.69) is 26.2 Å². The average Bonchev–Trinajstić information content (AvgIpc) is 2.76.